The lowest BCUT2D eigenvalue weighted by molar-refractivity contribution is -0.113. The number of carbonyl (C=O) groups is 1. The van der Waals surface area contributed by atoms with Crippen molar-refractivity contribution in [1.29, 1.82) is 0 Å². The molecule has 2 atom stereocenters. The molecule has 1 saturated heterocycles. The summed E-state index contributed by atoms with van der Waals surface area (Å²) < 4.78 is 0. The highest BCUT2D eigenvalue weighted by atomic mass is 16.1. The number of likely N-dealkylation sites (tertiary alicyclic amines) is 1. The van der Waals surface area contributed by atoms with E-state index in [4.69, 9.17) is 4.98 Å². The molecule has 30 heavy (non-hydrogen) atoms. The third-order valence-electron chi connectivity index (χ3n) is 6.97. The Morgan fingerprint density at radius 1 is 1.07 bits per heavy atom. The molecular formula is C27H30N2O. The van der Waals surface area contributed by atoms with E-state index in [1.165, 1.54) is 46.9 Å². The molecule has 2 aliphatic rings. The first kappa shape index (κ1) is 19.4. The van der Waals surface area contributed by atoms with Crippen molar-refractivity contribution in [3.63, 3.8) is 0 Å². The fourth-order valence-electron chi connectivity index (χ4n) is 4.96. The third kappa shape index (κ3) is 4.04. The number of benzene rings is 2. The molecule has 154 valence electrons. The van der Waals surface area contributed by atoms with Crippen LogP contribution in [0.15, 0.2) is 54.6 Å². The highest BCUT2D eigenvalue weighted by Crippen LogP contribution is 2.40. The summed E-state index contributed by atoms with van der Waals surface area (Å²) in [7, 11) is 0. The second-order valence-electron chi connectivity index (χ2n) is 9.15. The Balaban J connectivity index is 1.29. The summed E-state index contributed by atoms with van der Waals surface area (Å²) in [6.07, 6.45) is 5.72. The van der Waals surface area contributed by atoms with Gasteiger partial charge in [0.2, 0.25) is 0 Å². The van der Waals surface area contributed by atoms with Crippen LogP contribution in [-0.4, -0.2) is 35.8 Å². The SMILES string of the molecule is Cc1cc(C2CC2)nc2cc(CCN3CCC(C=O)C(c4ccccc4)C3)ccc12. The van der Waals surface area contributed by atoms with E-state index in [1.807, 2.05) is 6.07 Å². The molecule has 1 saturated carbocycles. The van der Waals surface area contributed by atoms with E-state index in [0.717, 1.165) is 38.0 Å². The predicted molar refractivity (Wildman–Crippen MR) is 122 cm³/mol. The van der Waals surface area contributed by atoms with Crippen LogP contribution in [0.5, 0.6) is 0 Å². The number of hydrogen-bond donors (Lipinski definition) is 0. The predicted octanol–water partition coefficient (Wildman–Crippen LogP) is 5.27. The number of fused-ring (bicyclic) bond motifs is 1. The van der Waals surface area contributed by atoms with Crippen molar-refractivity contribution in [3.05, 3.63) is 77.0 Å². The van der Waals surface area contributed by atoms with Crippen molar-refractivity contribution < 1.29 is 4.79 Å². The maximum absolute atomic E-state index is 11.6. The second kappa shape index (κ2) is 8.31. The van der Waals surface area contributed by atoms with E-state index in [1.54, 1.807) is 0 Å². The number of aldehydes is 1. The summed E-state index contributed by atoms with van der Waals surface area (Å²) in [6.45, 7) is 5.20. The van der Waals surface area contributed by atoms with Crippen molar-refractivity contribution in [3.8, 4) is 0 Å². The monoisotopic (exact) mass is 398 g/mol. The van der Waals surface area contributed by atoms with Gasteiger partial charge in [-0.25, -0.2) is 0 Å². The number of aryl methyl sites for hydroxylation is 1. The number of carbonyl (C=O) groups excluding carboxylic acids is 1. The molecule has 2 heterocycles. The van der Waals surface area contributed by atoms with Crippen LogP contribution in [0, 0.1) is 12.8 Å². The van der Waals surface area contributed by atoms with E-state index in [-0.39, 0.29) is 5.92 Å². The van der Waals surface area contributed by atoms with Crippen molar-refractivity contribution in [2.75, 3.05) is 19.6 Å². The van der Waals surface area contributed by atoms with Gasteiger partial charge in [-0.05, 0) is 68.0 Å². The zero-order chi connectivity index (χ0) is 20.5. The van der Waals surface area contributed by atoms with Crippen LogP contribution in [0.2, 0.25) is 0 Å². The van der Waals surface area contributed by atoms with Gasteiger partial charge in [0.15, 0.2) is 0 Å². The fraction of sp³-hybridized carbons (Fsp3) is 0.407. The largest absolute Gasteiger partial charge is 0.303 e. The molecule has 2 unspecified atom stereocenters. The third-order valence-corrected chi connectivity index (χ3v) is 6.97. The number of pyridine rings is 1. The highest BCUT2D eigenvalue weighted by molar-refractivity contribution is 5.83. The average Bonchev–Trinajstić information content (AvgIpc) is 3.63. The number of hydrogen-bond acceptors (Lipinski definition) is 3. The summed E-state index contributed by atoms with van der Waals surface area (Å²) in [5.74, 6) is 1.13. The zero-order valence-corrected chi connectivity index (χ0v) is 17.8. The van der Waals surface area contributed by atoms with Gasteiger partial charge in [0.05, 0.1) is 5.52 Å². The zero-order valence-electron chi connectivity index (χ0n) is 17.8. The van der Waals surface area contributed by atoms with E-state index < -0.39 is 0 Å². The summed E-state index contributed by atoms with van der Waals surface area (Å²) in [4.78, 5) is 19.1. The Morgan fingerprint density at radius 2 is 1.90 bits per heavy atom. The molecule has 0 spiro atoms. The Bertz CT molecular complexity index is 1040. The van der Waals surface area contributed by atoms with Crippen LogP contribution in [0.3, 0.4) is 0 Å². The Labute approximate surface area is 179 Å². The lowest BCUT2D eigenvalue weighted by Crippen LogP contribution is -2.40. The van der Waals surface area contributed by atoms with Crippen molar-refractivity contribution in [2.24, 2.45) is 5.92 Å². The summed E-state index contributed by atoms with van der Waals surface area (Å²) in [6, 6.07) is 19.6. The average molecular weight is 399 g/mol. The van der Waals surface area contributed by atoms with Crippen molar-refractivity contribution in [2.45, 2.75) is 44.4 Å². The quantitative estimate of drug-likeness (QED) is 0.531. The van der Waals surface area contributed by atoms with Gasteiger partial charge in [0, 0.05) is 41.9 Å². The minimum absolute atomic E-state index is 0.136. The van der Waals surface area contributed by atoms with Crippen molar-refractivity contribution >= 4 is 17.2 Å². The molecule has 3 nitrogen and oxygen atoms in total. The number of rotatable bonds is 6. The molecule has 1 aliphatic carbocycles. The molecule has 0 radical (unpaired) electrons. The smallest absolute Gasteiger partial charge is 0.123 e. The molecular weight excluding hydrogens is 368 g/mol. The number of nitrogens with zero attached hydrogens (tertiary/aromatic N) is 2. The molecule has 3 heteroatoms. The van der Waals surface area contributed by atoms with E-state index in [2.05, 4.69) is 60.4 Å². The van der Waals surface area contributed by atoms with Gasteiger partial charge in [-0.15, -0.1) is 0 Å². The maximum atomic E-state index is 11.6. The van der Waals surface area contributed by atoms with Gasteiger partial charge < -0.3 is 9.69 Å². The molecule has 1 aromatic heterocycles. The van der Waals surface area contributed by atoms with E-state index in [0.29, 0.717) is 11.8 Å². The van der Waals surface area contributed by atoms with Gasteiger partial charge in [0.25, 0.3) is 0 Å². The lowest BCUT2D eigenvalue weighted by Gasteiger charge is -2.36. The van der Waals surface area contributed by atoms with Crippen LogP contribution in [0.4, 0.5) is 0 Å². The van der Waals surface area contributed by atoms with Crippen LogP contribution in [0.25, 0.3) is 10.9 Å². The highest BCUT2D eigenvalue weighted by Gasteiger charge is 2.30. The molecule has 5 rings (SSSR count). The normalized spacial score (nSPS) is 22.3. The Kier molecular flexibility index (Phi) is 5.39. The van der Waals surface area contributed by atoms with E-state index >= 15 is 0 Å². The number of piperidine rings is 1. The van der Waals surface area contributed by atoms with Crippen LogP contribution >= 0.6 is 0 Å². The number of aromatic nitrogens is 1. The van der Waals surface area contributed by atoms with Gasteiger partial charge >= 0.3 is 0 Å². The first-order chi connectivity index (χ1) is 14.7. The van der Waals surface area contributed by atoms with Crippen molar-refractivity contribution in [1.82, 2.24) is 9.88 Å². The fourth-order valence-corrected chi connectivity index (χ4v) is 4.96. The van der Waals surface area contributed by atoms with Gasteiger partial charge in [0.1, 0.15) is 6.29 Å². The van der Waals surface area contributed by atoms with E-state index in [9.17, 15) is 4.79 Å². The first-order valence-electron chi connectivity index (χ1n) is 11.3. The van der Waals surface area contributed by atoms with Gasteiger partial charge in [-0.1, -0.05) is 42.5 Å². The first-order valence-corrected chi connectivity index (χ1v) is 11.3. The molecule has 3 aromatic rings. The molecule has 2 fully saturated rings. The van der Waals surface area contributed by atoms with Crippen LogP contribution in [-0.2, 0) is 11.2 Å². The Hall–Kier alpha value is -2.52. The second-order valence-corrected chi connectivity index (χ2v) is 9.15. The molecule has 1 aliphatic heterocycles. The summed E-state index contributed by atoms with van der Waals surface area (Å²) >= 11 is 0. The minimum Gasteiger partial charge on any atom is -0.303 e. The van der Waals surface area contributed by atoms with Crippen LogP contribution in [0.1, 0.15) is 53.5 Å². The standard InChI is InChI=1S/C27H30N2O/c1-19-15-26(22-8-9-22)28-27-16-20(7-10-24(19)27)11-13-29-14-12-23(18-30)25(17-29)21-5-3-2-4-6-21/h2-7,10,15-16,18,22-23,25H,8-9,11-14,17H2,1H3. The maximum Gasteiger partial charge on any atom is 0.123 e. The van der Waals surface area contributed by atoms with Gasteiger partial charge in [-0.2, -0.15) is 0 Å². The lowest BCUT2D eigenvalue weighted by atomic mass is 9.81. The molecule has 0 bridgehead atoms. The summed E-state index contributed by atoms with van der Waals surface area (Å²) in [5.41, 5.74) is 6.42. The summed E-state index contributed by atoms with van der Waals surface area (Å²) in [5, 5.41) is 1.28. The van der Waals surface area contributed by atoms with Crippen LogP contribution < -0.4 is 0 Å². The Morgan fingerprint density at radius 3 is 2.67 bits per heavy atom. The minimum atomic E-state index is 0.136. The molecule has 2 aromatic carbocycles. The topological polar surface area (TPSA) is 33.2 Å². The van der Waals surface area contributed by atoms with Gasteiger partial charge in [-0.3, -0.25) is 4.98 Å². The molecule has 0 amide bonds. The molecule has 0 N–H and O–H groups in total.